The van der Waals surface area contributed by atoms with Gasteiger partial charge in [-0.05, 0) is 65.6 Å². The number of amides is 1. The van der Waals surface area contributed by atoms with E-state index in [1.807, 2.05) is 48.2 Å². The van der Waals surface area contributed by atoms with Crippen LogP contribution in [0.15, 0.2) is 54.9 Å². The summed E-state index contributed by atoms with van der Waals surface area (Å²) in [5.41, 5.74) is 2.91. The Balaban J connectivity index is 1.47. The predicted octanol–water partition coefficient (Wildman–Crippen LogP) is 3.10. The summed E-state index contributed by atoms with van der Waals surface area (Å²) in [6.07, 6.45) is 3.57. The fourth-order valence-electron chi connectivity index (χ4n) is 3.67. The standard InChI is InChI=1S/C21H23N5O2/c1-2-28-19-11-9-17(10-12-19)20-4-3-13-26(20)21(27)18-7-5-16(6-8-18)14-25-15-22-23-24-25/h5-12,15,20H,2-4,13-14H2,1H3/t20-/m0/s1. The Morgan fingerprint density at radius 2 is 1.93 bits per heavy atom. The van der Waals surface area contributed by atoms with Gasteiger partial charge in [0.25, 0.3) is 5.91 Å². The van der Waals surface area contributed by atoms with Crippen molar-refractivity contribution in [3.05, 3.63) is 71.5 Å². The summed E-state index contributed by atoms with van der Waals surface area (Å²) in [4.78, 5) is 15.1. The average molecular weight is 377 g/mol. The Morgan fingerprint density at radius 1 is 1.14 bits per heavy atom. The smallest absolute Gasteiger partial charge is 0.254 e. The number of carbonyl (C=O) groups excluding carboxylic acids is 1. The van der Waals surface area contributed by atoms with E-state index in [1.165, 1.54) is 0 Å². The van der Waals surface area contributed by atoms with Gasteiger partial charge in [-0.2, -0.15) is 0 Å². The van der Waals surface area contributed by atoms with Crippen LogP contribution >= 0.6 is 0 Å². The first-order valence-corrected chi connectivity index (χ1v) is 9.58. The molecule has 2 aromatic carbocycles. The summed E-state index contributed by atoms with van der Waals surface area (Å²) in [6, 6.07) is 15.9. The molecule has 3 aromatic rings. The van der Waals surface area contributed by atoms with Crippen molar-refractivity contribution in [2.45, 2.75) is 32.4 Å². The van der Waals surface area contributed by atoms with Crippen LogP contribution in [0, 0.1) is 0 Å². The Bertz CT molecular complexity index is 907. The number of aromatic nitrogens is 4. The molecule has 0 N–H and O–H groups in total. The van der Waals surface area contributed by atoms with Gasteiger partial charge in [0.2, 0.25) is 0 Å². The van der Waals surface area contributed by atoms with Crippen molar-refractivity contribution >= 4 is 5.91 Å². The molecule has 4 rings (SSSR count). The molecule has 1 aromatic heterocycles. The molecule has 1 saturated heterocycles. The van der Waals surface area contributed by atoms with Gasteiger partial charge in [0.1, 0.15) is 12.1 Å². The summed E-state index contributed by atoms with van der Waals surface area (Å²) >= 11 is 0. The SMILES string of the molecule is CCOc1ccc([C@@H]2CCCN2C(=O)c2ccc(Cn3cnnn3)cc2)cc1. The van der Waals surface area contributed by atoms with Gasteiger partial charge in [-0.3, -0.25) is 4.79 Å². The molecule has 2 heterocycles. The van der Waals surface area contributed by atoms with Gasteiger partial charge in [-0.15, -0.1) is 5.10 Å². The lowest BCUT2D eigenvalue weighted by Crippen LogP contribution is -2.30. The van der Waals surface area contributed by atoms with Crippen molar-refractivity contribution in [3.63, 3.8) is 0 Å². The number of tetrazole rings is 1. The minimum atomic E-state index is 0.0744. The molecule has 0 bridgehead atoms. The van der Waals surface area contributed by atoms with E-state index in [0.29, 0.717) is 18.7 Å². The number of ether oxygens (including phenoxy) is 1. The average Bonchev–Trinajstić information content (AvgIpc) is 3.41. The van der Waals surface area contributed by atoms with Crippen LogP contribution in [0.4, 0.5) is 0 Å². The van der Waals surface area contributed by atoms with Crippen LogP contribution < -0.4 is 4.74 Å². The monoisotopic (exact) mass is 377 g/mol. The van der Waals surface area contributed by atoms with Gasteiger partial charge >= 0.3 is 0 Å². The van der Waals surface area contributed by atoms with Crippen molar-refractivity contribution in [2.24, 2.45) is 0 Å². The molecule has 0 aliphatic carbocycles. The van der Waals surface area contributed by atoms with Gasteiger partial charge in [-0.1, -0.05) is 24.3 Å². The van der Waals surface area contributed by atoms with E-state index in [0.717, 1.165) is 36.3 Å². The third-order valence-corrected chi connectivity index (χ3v) is 5.03. The van der Waals surface area contributed by atoms with Gasteiger partial charge in [0, 0.05) is 12.1 Å². The summed E-state index contributed by atoms with van der Waals surface area (Å²) in [7, 11) is 0. The minimum absolute atomic E-state index is 0.0744. The molecule has 7 heteroatoms. The highest BCUT2D eigenvalue weighted by molar-refractivity contribution is 5.94. The quantitative estimate of drug-likeness (QED) is 0.660. The van der Waals surface area contributed by atoms with Crippen molar-refractivity contribution in [2.75, 3.05) is 13.2 Å². The first-order chi connectivity index (χ1) is 13.7. The normalized spacial score (nSPS) is 16.3. The molecule has 1 aliphatic rings. The van der Waals surface area contributed by atoms with Crippen molar-refractivity contribution in [1.82, 2.24) is 25.1 Å². The topological polar surface area (TPSA) is 73.1 Å². The Hall–Kier alpha value is -3.22. The van der Waals surface area contributed by atoms with E-state index < -0.39 is 0 Å². The maximum atomic E-state index is 13.1. The molecule has 1 atom stereocenters. The molecular formula is C21H23N5O2. The molecule has 1 fully saturated rings. The van der Waals surface area contributed by atoms with Crippen LogP contribution in [-0.2, 0) is 6.54 Å². The highest BCUT2D eigenvalue weighted by Gasteiger charge is 2.30. The van der Waals surface area contributed by atoms with E-state index in [-0.39, 0.29) is 11.9 Å². The van der Waals surface area contributed by atoms with E-state index in [4.69, 9.17) is 4.74 Å². The van der Waals surface area contributed by atoms with Crippen LogP contribution in [-0.4, -0.2) is 44.2 Å². The summed E-state index contributed by atoms with van der Waals surface area (Å²) in [5, 5.41) is 11.1. The minimum Gasteiger partial charge on any atom is -0.494 e. The summed E-state index contributed by atoms with van der Waals surface area (Å²) < 4.78 is 7.17. The Labute approximate surface area is 163 Å². The number of benzene rings is 2. The lowest BCUT2D eigenvalue weighted by Gasteiger charge is -2.25. The highest BCUT2D eigenvalue weighted by Crippen LogP contribution is 2.34. The second-order valence-corrected chi connectivity index (χ2v) is 6.86. The highest BCUT2D eigenvalue weighted by atomic mass is 16.5. The Kier molecular flexibility index (Phi) is 5.32. The third-order valence-electron chi connectivity index (χ3n) is 5.03. The lowest BCUT2D eigenvalue weighted by molar-refractivity contribution is 0.0735. The third kappa shape index (κ3) is 3.88. The second kappa shape index (κ2) is 8.21. The van der Waals surface area contributed by atoms with E-state index in [2.05, 4.69) is 27.7 Å². The maximum Gasteiger partial charge on any atom is 0.254 e. The number of carbonyl (C=O) groups is 1. The first kappa shape index (κ1) is 18.2. The first-order valence-electron chi connectivity index (χ1n) is 9.58. The summed E-state index contributed by atoms with van der Waals surface area (Å²) in [5.74, 6) is 0.936. The Morgan fingerprint density at radius 3 is 2.61 bits per heavy atom. The van der Waals surface area contributed by atoms with Gasteiger partial charge in [-0.25, -0.2) is 4.68 Å². The van der Waals surface area contributed by atoms with E-state index >= 15 is 0 Å². The fourth-order valence-corrected chi connectivity index (χ4v) is 3.67. The van der Waals surface area contributed by atoms with Gasteiger partial charge < -0.3 is 9.64 Å². The molecule has 0 saturated carbocycles. The second-order valence-electron chi connectivity index (χ2n) is 6.86. The molecule has 0 spiro atoms. The fraction of sp³-hybridized carbons (Fsp3) is 0.333. The zero-order chi connectivity index (χ0) is 19.3. The molecule has 1 amide bonds. The van der Waals surface area contributed by atoms with Gasteiger partial charge in [0.05, 0.1) is 19.2 Å². The van der Waals surface area contributed by atoms with Crippen molar-refractivity contribution in [1.29, 1.82) is 0 Å². The summed E-state index contributed by atoms with van der Waals surface area (Å²) in [6.45, 7) is 3.99. The van der Waals surface area contributed by atoms with Crippen LogP contribution in [0.5, 0.6) is 5.75 Å². The zero-order valence-corrected chi connectivity index (χ0v) is 15.9. The van der Waals surface area contributed by atoms with Crippen molar-refractivity contribution < 1.29 is 9.53 Å². The van der Waals surface area contributed by atoms with E-state index in [1.54, 1.807) is 11.0 Å². The molecule has 1 aliphatic heterocycles. The van der Waals surface area contributed by atoms with Crippen molar-refractivity contribution in [3.8, 4) is 5.75 Å². The molecule has 0 radical (unpaired) electrons. The number of hydrogen-bond donors (Lipinski definition) is 0. The largest absolute Gasteiger partial charge is 0.494 e. The van der Waals surface area contributed by atoms with Crippen LogP contribution in [0.2, 0.25) is 0 Å². The van der Waals surface area contributed by atoms with Crippen LogP contribution in [0.1, 0.15) is 47.3 Å². The zero-order valence-electron chi connectivity index (χ0n) is 15.9. The molecule has 7 nitrogen and oxygen atoms in total. The van der Waals surface area contributed by atoms with E-state index in [9.17, 15) is 4.79 Å². The predicted molar refractivity (Wildman–Crippen MR) is 104 cm³/mol. The molecular weight excluding hydrogens is 354 g/mol. The molecule has 144 valence electrons. The number of nitrogens with zero attached hydrogens (tertiary/aromatic N) is 5. The van der Waals surface area contributed by atoms with Gasteiger partial charge in [0.15, 0.2) is 0 Å². The maximum absolute atomic E-state index is 13.1. The number of likely N-dealkylation sites (tertiary alicyclic amines) is 1. The number of rotatable bonds is 6. The number of hydrogen-bond acceptors (Lipinski definition) is 5. The van der Waals surface area contributed by atoms with Crippen LogP contribution in [0.3, 0.4) is 0 Å². The lowest BCUT2D eigenvalue weighted by atomic mass is 10.0. The molecule has 28 heavy (non-hydrogen) atoms. The van der Waals surface area contributed by atoms with Crippen LogP contribution in [0.25, 0.3) is 0 Å². The molecule has 0 unspecified atom stereocenters.